The van der Waals surface area contributed by atoms with Crippen molar-refractivity contribution in [2.45, 2.75) is 33.2 Å². The van der Waals surface area contributed by atoms with Gasteiger partial charge in [0.15, 0.2) is 0 Å². The molecule has 0 aliphatic rings. The fraction of sp³-hybridized carbons (Fsp3) is 0.474. The molecule has 0 bridgehead atoms. The highest BCUT2D eigenvalue weighted by molar-refractivity contribution is 7.98. The molecule has 0 heterocycles. The van der Waals surface area contributed by atoms with E-state index in [0.29, 0.717) is 25.1 Å². The topological polar surface area (TPSA) is 49.4 Å². The zero-order chi connectivity index (χ0) is 18.1. The van der Waals surface area contributed by atoms with E-state index in [2.05, 4.69) is 11.9 Å². The summed E-state index contributed by atoms with van der Waals surface area (Å²) in [5, 5.41) is 2.91. The van der Waals surface area contributed by atoms with Gasteiger partial charge in [0.05, 0.1) is 0 Å². The van der Waals surface area contributed by atoms with Gasteiger partial charge in [-0.1, -0.05) is 29.8 Å². The minimum absolute atomic E-state index is 0.0458. The maximum atomic E-state index is 12.8. The van der Waals surface area contributed by atoms with Gasteiger partial charge in [-0.05, 0) is 51.3 Å². The molecule has 0 saturated heterocycles. The van der Waals surface area contributed by atoms with Crippen molar-refractivity contribution in [1.82, 2.24) is 10.2 Å². The first kappa shape index (κ1) is 20.3. The van der Waals surface area contributed by atoms with Crippen LogP contribution in [-0.2, 0) is 4.79 Å². The summed E-state index contributed by atoms with van der Waals surface area (Å²) in [5.41, 5.74) is 2.53. The van der Waals surface area contributed by atoms with Crippen molar-refractivity contribution < 1.29 is 9.59 Å². The van der Waals surface area contributed by atoms with Gasteiger partial charge < -0.3 is 10.2 Å². The highest BCUT2D eigenvalue weighted by Gasteiger charge is 2.25. The van der Waals surface area contributed by atoms with Crippen LogP contribution in [0.1, 0.15) is 36.2 Å². The van der Waals surface area contributed by atoms with Gasteiger partial charge >= 0.3 is 0 Å². The lowest BCUT2D eigenvalue weighted by Gasteiger charge is -2.27. The summed E-state index contributed by atoms with van der Waals surface area (Å²) in [5.74, 6) is 0.565. The van der Waals surface area contributed by atoms with Crippen LogP contribution in [0, 0.1) is 6.92 Å². The molecule has 0 aromatic heterocycles. The SMILES string of the molecule is C=C(C)CN(CC)C(=O)C(CCSC)NC(=O)c1cccc(C)c1. The number of rotatable bonds is 9. The van der Waals surface area contributed by atoms with Gasteiger partial charge in [-0.25, -0.2) is 0 Å². The van der Waals surface area contributed by atoms with Crippen molar-refractivity contribution in [2.75, 3.05) is 25.1 Å². The first-order valence-corrected chi connectivity index (χ1v) is 9.58. The molecular formula is C19H28N2O2S. The molecule has 0 aliphatic heterocycles. The lowest BCUT2D eigenvalue weighted by atomic mass is 10.1. The Balaban J connectivity index is 2.89. The van der Waals surface area contributed by atoms with Crippen LogP contribution in [0.2, 0.25) is 0 Å². The van der Waals surface area contributed by atoms with Crippen LogP contribution >= 0.6 is 11.8 Å². The molecule has 0 spiro atoms. The average Bonchev–Trinajstić information content (AvgIpc) is 2.55. The van der Waals surface area contributed by atoms with Crippen molar-refractivity contribution in [3.63, 3.8) is 0 Å². The van der Waals surface area contributed by atoms with Gasteiger partial charge in [0.2, 0.25) is 5.91 Å². The lowest BCUT2D eigenvalue weighted by molar-refractivity contribution is -0.132. The van der Waals surface area contributed by atoms with Crippen LogP contribution in [0.15, 0.2) is 36.4 Å². The molecule has 1 N–H and O–H groups in total. The van der Waals surface area contributed by atoms with E-state index in [9.17, 15) is 9.59 Å². The Morgan fingerprint density at radius 3 is 2.62 bits per heavy atom. The van der Waals surface area contributed by atoms with Gasteiger partial charge in [-0.2, -0.15) is 11.8 Å². The van der Waals surface area contributed by atoms with Crippen molar-refractivity contribution in [2.24, 2.45) is 0 Å². The van der Waals surface area contributed by atoms with Gasteiger partial charge in [-0.3, -0.25) is 9.59 Å². The number of likely N-dealkylation sites (N-methyl/N-ethyl adjacent to an activating group) is 1. The van der Waals surface area contributed by atoms with E-state index >= 15 is 0 Å². The maximum Gasteiger partial charge on any atom is 0.251 e. The third kappa shape index (κ3) is 6.40. The van der Waals surface area contributed by atoms with E-state index in [-0.39, 0.29) is 11.8 Å². The molecule has 5 heteroatoms. The molecule has 0 fully saturated rings. The first-order chi connectivity index (χ1) is 11.4. The summed E-state index contributed by atoms with van der Waals surface area (Å²) in [4.78, 5) is 27.1. The Kier molecular flexibility index (Phi) is 8.61. The van der Waals surface area contributed by atoms with Gasteiger partial charge in [-0.15, -0.1) is 0 Å². The Morgan fingerprint density at radius 1 is 1.38 bits per heavy atom. The predicted molar refractivity (Wildman–Crippen MR) is 103 cm³/mol. The standard InChI is InChI=1S/C19H28N2O2S/c1-6-21(13-14(2)3)19(23)17(10-11-24-5)20-18(22)16-9-7-8-15(4)12-16/h7-9,12,17H,2,6,10-11,13H2,1,3-5H3,(H,20,22). The number of nitrogens with zero attached hydrogens (tertiary/aromatic N) is 1. The van der Waals surface area contributed by atoms with E-state index in [0.717, 1.165) is 16.9 Å². The molecule has 2 amide bonds. The van der Waals surface area contributed by atoms with Crippen molar-refractivity contribution in [3.05, 3.63) is 47.5 Å². The van der Waals surface area contributed by atoms with Crippen molar-refractivity contribution in [1.29, 1.82) is 0 Å². The highest BCUT2D eigenvalue weighted by Crippen LogP contribution is 2.09. The molecule has 4 nitrogen and oxygen atoms in total. The predicted octanol–water partition coefficient (Wildman–Crippen LogP) is 3.27. The summed E-state index contributed by atoms with van der Waals surface area (Å²) in [6.45, 7) is 10.8. The molecule has 0 saturated carbocycles. The number of benzene rings is 1. The Labute approximate surface area is 149 Å². The van der Waals surface area contributed by atoms with Crippen molar-refractivity contribution in [3.8, 4) is 0 Å². The van der Waals surface area contributed by atoms with Gasteiger partial charge in [0.1, 0.15) is 6.04 Å². The third-order valence-corrected chi connectivity index (χ3v) is 4.29. The molecule has 1 unspecified atom stereocenters. The number of thioether (sulfide) groups is 1. The molecular weight excluding hydrogens is 320 g/mol. The quantitative estimate of drug-likeness (QED) is 0.697. The van der Waals surface area contributed by atoms with E-state index in [1.807, 2.05) is 45.2 Å². The number of carbonyl (C=O) groups is 2. The van der Waals surface area contributed by atoms with Crippen LogP contribution in [0.5, 0.6) is 0 Å². The Hall–Kier alpha value is -1.75. The summed E-state index contributed by atoms with van der Waals surface area (Å²) < 4.78 is 0. The molecule has 1 atom stereocenters. The molecule has 1 aromatic rings. The second-order valence-electron chi connectivity index (χ2n) is 5.99. The fourth-order valence-corrected chi connectivity index (χ4v) is 2.88. The lowest BCUT2D eigenvalue weighted by Crippen LogP contribution is -2.49. The second kappa shape index (κ2) is 10.2. The minimum Gasteiger partial charge on any atom is -0.340 e. The minimum atomic E-state index is -0.509. The zero-order valence-electron chi connectivity index (χ0n) is 15.1. The van der Waals surface area contributed by atoms with Crippen LogP contribution in [0.3, 0.4) is 0 Å². The third-order valence-electron chi connectivity index (χ3n) is 3.65. The largest absolute Gasteiger partial charge is 0.340 e. The summed E-state index contributed by atoms with van der Waals surface area (Å²) in [6.07, 6.45) is 2.61. The molecule has 1 aromatic carbocycles. The zero-order valence-corrected chi connectivity index (χ0v) is 15.9. The van der Waals surface area contributed by atoms with Crippen LogP contribution in [-0.4, -0.2) is 47.9 Å². The number of carbonyl (C=O) groups excluding carboxylic acids is 2. The molecule has 24 heavy (non-hydrogen) atoms. The number of amides is 2. The molecule has 1 rings (SSSR count). The molecule has 0 aliphatic carbocycles. The Morgan fingerprint density at radius 2 is 2.08 bits per heavy atom. The van der Waals surface area contributed by atoms with Gasteiger partial charge in [0.25, 0.3) is 5.91 Å². The number of hydrogen-bond donors (Lipinski definition) is 1. The van der Waals surface area contributed by atoms with Gasteiger partial charge in [0, 0.05) is 18.7 Å². The fourth-order valence-electron chi connectivity index (χ4n) is 2.41. The number of aryl methyl sites for hydroxylation is 1. The molecule has 0 radical (unpaired) electrons. The van der Waals surface area contributed by atoms with E-state index in [1.165, 1.54) is 0 Å². The van der Waals surface area contributed by atoms with Crippen LogP contribution in [0.4, 0.5) is 0 Å². The highest BCUT2D eigenvalue weighted by atomic mass is 32.2. The summed E-state index contributed by atoms with van der Waals surface area (Å²) in [7, 11) is 0. The van der Waals surface area contributed by atoms with Crippen LogP contribution < -0.4 is 5.32 Å². The second-order valence-corrected chi connectivity index (χ2v) is 6.97. The summed E-state index contributed by atoms with van der Waals surface area (Å²) in [6, 6.07) is 6.88. The van der Waals surface area contributed by atoms with Crippen molar-refractivity contribution >= 4 is 23.6 Å². The molecule has 132 valence electrons. The maximum absolute atomic E-state index is 12.8. The van der Waals surface area contributed by atoms with E-state index in [1.54, 1.807) is 22.7 Å². The normalized spacial score (nSPS) is 11.7. The van der Waals surface area contributed by atoms with E-state index < -0.39 is 6.04 Å². The Bertz CT molecular complexity index is 586. The number of nitrogens with one attached hydrogen (secondary N) is 1. The first-order valence-electron chi connectivity index (χ1n) is 8.18. The smallest absolute Gasteiger partial charge is 0.251 e. The monoisotopic (exact) mass is 348 g/mol. The summed E-state index contributed by atoms with van der Waals surface area (Å²) >= 11 is 1.67. The van der Waals surface area contributed by atoms with Crippen LogP contribution in [0.25, 0.3) is 0 Å². The average molecular weight is 349 g/mol. The van der Waals surface area contributed by atoms with E-state index in [4.69, 9.17) is 0 Å². The number of hydrogen-bond acceptors (Lipinski definition) is 3.